The van der Waals surface area contributed by atoms with Crippen LogP contribution in [0, 0.1) is 0 Å². The van der Waals surface area contributed by atoms with E-state index in [2.05, 4.69) is 5.32 Å². The predicted molar refractivity (Wildman–Crippen MR) is 104 cm³/mol. The lowest BCUT2D eigenvalue weighted by molar-refractivity contribution is 0.0519. The van der Waals surface area contributed by atoms with Gasteiger partial charge in [-0.25, -0.2) is 9.59 Å². The first-order valence-corrected chi connectivity index (χ1v) is 8.76. The molecule has 0 fully saturated rings. The minimum absolute atomic E-state index is 0.224. The molecule has 0 atom stereocenters. The van der Waals surface area contributed by atoms with Gasteiger partial charge in [-0.1, -0.05) is 29.8 Å². The minimum Gasteiger partial charge on any atom is -0.490 e. The molecule has 7 heteroatoms. The molecular formula is C20H22ClNO5. The van der Waals surface area contributed by atoms with E-state index in [1.165, 1.54) is 0 Å². The molecule has 0 aliphatic rings. The van der Waals surface area contributed by atoms with Crippen LogP contribution in [-0.4, -0.2) is 35.9 Å². The number of ether oxygens (including phenoxy) is 2. The van der Waals surface area contributed by atoms with E-state index in [-0.39, 0.29) is 18.7 Å². The van der Waals surface area contributed by atoms with Crippen LogP contribution in [0.25, 0.3) is 11.1 Å². The average Bonchev–Trinajstić information content (AvgIpc) is 2.58. The van der Waals surface area contributed by atoms with E-state index < -0.39 is 17.7 Å². The van der Waals surface area contributed by atoms with Crippen LogP contribution in [0.1, 0.15) is 31.1 Å². The quantitative estimate of drug-likeness (QED) is 0.702. The number of rotatable bonds is 6. The summed E-state index contributed by atoms with van der Waals surface area (Å²) in [5.41, 5.74) is 1.37. The molecule has 27 heavy (non-hydrogen) atoms. The number of hydrogen-bond donors (Lipinski definition) is 2. The van der Waals surface area contributed by atoms with E-state index in [0.717, 1.165) is 11.1 Å². The van der Waals surface area contributed by atoms with Crippen LogP contribution in [-0.2, 0) is 4.74 Å². The zero-order valence-electron chi connectivity index (χ0n) is 15.4. The van der Waals surface area contributed by atoms with Crippen molar-refractivity contribution >= 4 is 23.7 Å². The lowest BCUT2D eigenvalue weighted by Gasteiger charge is -2.19. The highest BCUT2D eigenvalue weighted by Gasteiger charge is 2.15. The first kappa shape index (κ1) is 20.6. The van der Waals surface area contributed by atoms with Crippen LogP contribution in [0.15, 0.2) is 42.5 Å². The van der Waals surface area contributed by atoms with Crippen molar-refractivity contribution in [3.63, 3.8) is 0 Å². The predicted octanol–water partition coefficient (Wildman–Crippen LogP) is 4.61. The first-order chi connectivity index (χ1) is 12.7. The molecule has 0 aliphatic carbocycles. The van der Waals surface area contributed by atoms with Crippen molar-refractivity contribution in [2.45, 2.75) is 26.4 Å². The second-order valence-electron chi connectivity index (χ2n) is 6.80. The summed E-state index contributed by atoms with van der Waals surface area (Å²) < 4.78 is 10.7. The Balaban J connectivity index is 1.91. The van der Waals surface area contributed by atoms with Crippen LogP contribution >= 0.6 is 11.6 Å². The van der Waals surface area contributed by atoms with E-state index in [4.69, 9.17) is 26.2 Å². The number of aromatic carboxylic acids is 1. The summed E-state index contributed by atoms with van der Waals surface area (Å²) in [5.74, 6) is -0.475. The van der Waals surface area contributed by atoms with Crippen molar-refractivity contribution in [2.24, 2.45) is 0 Å². The van der Waals surface area contributed by atoms with Crippen molar-refractivity contribution in [3.8, 4) is 16.9 Å². The van der Waals surface area contributed by atoms with E-state index >= 15 is 0 Å². The number of carbonyl (C=O) groups excluding carboxylic acids is 1. The number of carboxylic acids is 1. The number of alkyl carbamates (subject to hydrolysis) is 1. The highest BCUT2D eigenvalue weighted by molar-refractivity contribution is 6.32. The Labute approximate surface area is 163 Å². The topological polar surface area (TPSA) is 84.9 Å². The molecule has 0 saturated heterocycles. The first-order valence-electron chi connectivity index (χ1n) is 8.38. The molecule has 144 valence electrons. The minimum atomic E-state index is -0.969. The van der Waals surface area contributed by atoms with Crippen molar-refractivity contribution in [1.82, 2.24) is 5.32 Å². The van der Waals surface area contributed by atoms with Crippen molar-refractivity contribution in [2.75, 3.05) is 13.2 Å². The van der Waals surface area contributed by atoms with Gasteiger partial charge in [0, 0.05) is 0 Å². The maximum absolute atomic E-state index is 11.6. The third-order valence-electron chi connectivity index (χ3n) is 3.42. The largest absolute Gasteiger partial charge is 0.490 e. The molecule has 0 aromatic heterocycles. The molecule has 2 rings (SSSR count). The highest BCUT2D eigenvalue weighted by atomic mass is 35.5. The number of nitrogens with one attached hydrogen (secondary N) is 1. The fraction of sp³-hybridized carbons (Fsp3) is 0.300. The lowest BCUT2D eigenvalue weighted by atomic mass is 10.0. The van der Waals surface area contributed by atoms with E-state index in [0.29, 0.717) is 10.8 Å². The van der Waals surface area contributed by atoms with Crippen molar-refractivity contribution in [1.29, 1.82) is 0 Å². The zero-order valence-corrected chi connectivity index (χ0v) is 16.2. The number of amides is 1. The molecular weight excluding hydrogens is 370 g/mol. The summed E-state index contributed by atoms with van der Waals surface area (Å²) in [7, 11) is 0. The summed E-state index contributed by atoms with van der Waals surface area (Å²) in [6.45, 7) is 5.90. The molecule has 6 nitrogen and oxygen atoms in total. The molecule has 2 N–H and O–H groups in total. The van der Waals surface area contributed by atoms with Crippen LogP contribution in [0.4, 0.5) is 4.79 Å². The van der Waals surface area contributed by atoms with Gasteiger partial charge in [0.05, 0.1) is 17.1 Å². The smallest absolute Gasteiger partial charge is 0.407 e. The zero-order chi connectivity index (χ0) is 20.0. The van der Waals surface area contributed by atoms with Crippen molar-refractivity contribution < 1.29 is 24.2 Å². The van der Waals surface area contributed by atoms with Gasteiger partial charge in [-0.05, 0) is 56.2 Å². The van der Waals surface area contributed by atoms with Gasteiger partial charge >= 0.3 is 12.1 Å². The molecule has 0 bridgehead atoms. The number of carboxylic acid groups (broad SMARTS) is 1. The molecule has 0 heterocycles. The second-order valence-corrected chi connectivity index (χ2v) is 7.21. The van der Waals surface area contributed by atoms with Crippen LogP contribution in [0.5, 0.6) is 5.75 Å². The maximum Gasteiger partial charge on any atom is 0.407 e. The van der Waals surface area contributed by atoms with E-state index in [9.17, 15) is 9.59 Å². The summed E-state index contributed by atoms with van der Waals surface area (Å²) in [4.78, 5) is 22.5. The van der Waals surface area contributed by atoms with Crippen molar-refractivity contribution in [3.05, 3.63) is 53.1 Å². The summed E-state index contributed by atoms with van der Waals surface area (Å²) in [5, 5.41) is 12.0. The van der Waals surface area contributed by atoms with Gasteiger partial charge in [-0.15, -0.1) is 0 Å². The monoisotopic (exact) mass is 391 g/mol. The Kier molecular flexibility index (Phi) is 6.69. The second kappa shape index (κ2) is 8.77. The Morgan fingerprint density at radius 1 is 1.07 bits per heavy atom. The Morgan fingerprint density at radius 2 is 1.70 bits per heavy atom. The molecule has 0 saturated carbocycles. The van der Waals surface area contributed by atoms with Gasteiger partial charge < -0.3 is 19.9 Å². The Morgan fingerprint density at radius 3 is 2.26 bits per heavy atom. The van der Waals surface area contributed by atoms with Gasteiger partial charge in [0.25, 0.3) is 0 Å². The fourth-order valence-corrected chi connectivity index (χ4v) is 2.47. The maximum atomic E-state index is 11.6. The molecule has 0 spiro atoms. The number of halogens is 1. The van der Waals surface area contributed by atoms with Gasteiger partial charge in [0.1, 0.15) is 18.0 Å². The molecule has 0 unspecified atom stereocenters. The van der Waals surface area contributed by atoms with Gasteiger partial charge in [0.2, 0.25) is 0 Å². The third-order valence-corrected chi connectivity index (χ3v) is 3.72. The van der Waals surface area contributed by atoms with Gasteiger partial charge in [-0.2, -0.15) is 0 Å². The lowest BCUT2D eigenvalue weighted by Crippen LogP contribution is -2.34. The Bertz CT molecular complexity index is 812. The number of benzene rings is 2. The van der Waals surface area contributed by atoms with Gasteiger partial charge in [-0.3, -0.25) is 0 Å². The summed E-state index contributed by atoms with van der Waals surface area (Å²) in [6.07, 6.45) is -0.502. The highest BCUT2D eigenvalue weighted by Crippen LogP contribution is 2.30. The molecule has 1 amide bonds. The van der Waals surface area contributed by atoms with E-state index in [1.54, 1.807) is 57.2 Å². The molecule has 0 radical (unpaired) electrons. The standard InChI is InChI=1S/C20H22ClNO5/c1-20(2,3)27-19(25)22-10-11-26-17-9-8-15(12-16(17)21)13-4-6-14(7-5-13)18(23)24/h4-9,12H,10-11H2,1-3H3,(H,22,25)(H,23,24). The summed E-state index contributed by atoms with van der Waals surface area (Å²) >= 11 is 6.26. The average molecular weight is 392 g/mol. The van der Waals surface area contributed by atoms with Gasteiger partial charge in [0.15, 0.2) is 0 Å². The molecule has 2 aromatic carbocycles. The fourth-order valence-electron chi connectivity index (χ4n) is 2.23. The SMILES string of the molecule is CC(C)(C)OC(=O)NCCOc1ccc(-c2ccc(C(=O)O)cc2)cc1Cl. The third kappa shape index (κ3) is 6.49. The number of hydrogen-bond acceptors (Lipinski definition) is 4. The Hall–Kier alpha value is -2.73. The van der Waals surface area contributed by atoms with Crippen LogP contribution in [0.2, 0.25) is 5.02 Å². The molecule has 0 aliphatic heterocycles. The number of carbonyl (C=O) groups is 2. The summed E-state index contributed by atoms with van der Waals surface area (Å²) in [6, 6.07) is 11.8. The van der Waals surface area contributed by atoms with Crippen LogP contribution in [0.3, 0.4) is 0 Å². The van der Waals surface area contributed by atoms with Crippen LogP contribution < -0.4 is 10.1 Å². The van der Waals surface area contributed by atoms with E-state index in [1.807, 2.05) is 6.07 Å². The molecule has 2 aromatic rings. The normalized spacial score (nSPS) is 11.0.